The minimum absolute atomic E-state index is 0.372. The summed E-state index contributed by atoms with van der Waals surface area (Å²) >= 11 is 1.62. The molecule has 0 bridgehead atoms. The number of aliphatic hydroxyl groups excluding tert-OH is 1. The Morgan fingerprint density at radius 1 is 1.54 bits per heavy atom. The zero-order chi connectivity index (χ0) is 9.84. The molecule has 1 heterocycles. The Morgan fingerprint density at radius 2 is 2.23 bits per heavy atom. The van der Waals surface area contributed by atoms with E-state index >= 15 is 0 Å². The fourth-order valence-corrected chi connectivity index (χ4v) is 1.67. The summed E-state index contributed by atoms with van der Waals surface area (Å²) in [4.78, 5) is 4.36. The third-order valence-corrected chi connectivity index (χ3v) is 2.70. The Labute approximate surface area is 83.4 Å². The van der Waals surface area contributed by atoms with E-state index in [1.165, 1.54) is 0 Å². The molecule has 1 aromatic heterocycles. The van der Waals surface area contributed by atoms with Crippen molar-refractivity contribution in [3.8, 4) is 0 Å². The number of aliphatic hydroxyl groups is 1. The maximum absolute atomic E-state index is 9.63. The van der Waals surface area contributed by atoms with E-state index in [-0.39, 0.29) is 6.10 Å². The lowest BCUT2D eigenvalue weighted by Crippen LogP contribution is -2.00. The second kappa shape index (κ2) is 4.63. The zero-order valence-corrected chi connectivity index (χ0v) is 9.06. The van der Waals surface area contributed by atoms with Crippen LogP contribution in [0.25, 0.3) is 0 Å². The number of thioether (sulfide) groups is 1. The first kappa shape index (κ1) is 10.5. The molecule has 1 unspecified atom stereocenters. The van der Waals surface area contributed by atoms with Crippen molar-refractivity contribution in [3.05, 3.63) is 23.4 Å². The average molecular weight is 197 g/mol. The van der Waals surface area contributed by atoms with Crippen LogP contribution in [0.1, 0.15) is 30.7 Å². The van der Waals surface area contributed by atoms with Gasteiger partial charge in [0.2, 0.25) is 0 Å². The molecule has 0 aliphatic carbocycles. The number of hydrogen-bond donors (Lipinski definition) is 1. The van der Waals surface area contributed by atoms with Crippen LogP contribution >= 0.6 is 11.8 Å². The van der Waals surface area contributed by atoms with Gasteiger partial charge in [-0.25, -0.2) is 4.98 Å². The first-order valence-corrected chi connectivity index (χ1v) is 5.61. The van der Waals surface area contributed by atoms with Crippen LogP contribution in [0.3, 0.4) is 0 Å². The molecule has 0 aliphatic rings. The van der Waals surface area contributed by atoms with Gasteiger partial charge in [0.05, 0.1) is 11.1 Å². The number of nitrogens with zero attached hydrogens (tertiary/aromatic N) is 1. The molecule has 0 saturated heterocycles. The summed E-state index contributed by atoms with van der Waals surface area (Å²) in [6, 6.07) is 3.91. The van der Waals surface area contributed by atoms with Gasteiger partial charge in [-0.15, -0.1) is 11.8 Å². The number of hydrogen-bond acceptors (Lipinski definition) is 3. The monoisotopic (exact) mass is 197 g/mol. The summed E-state index contributed by atoms with van der Waals surface area (Å²) in [6.07, 6.45) is 2.36. The molecular formula is C10H15NOS. The van der Waals surface area contributed by atoms with Gasteiger partial charge in [-0.1, -0.05) is 13.0 Å². The molecule has 2 nitrogen and oxygen atoms in total. The van der Waals surface area contributed by atoms with E-state index in [0.29, 0.717) is 0 Å². The largest absolute Gasteiger partial charge is 0.388 e. The number of rotatable bonds is 3. The summed E-state index contributed by atoms with van der Waals surface area (Å²) in [5.41, 5.74) is 1.88. The van der Waals surface area contributed by atoms with Gasteiger partial charge in [0, 0.05) is 11.3 Å². The fraction of sp³-hybridized carbons (Fsp3) is 0.500. The Morgan fingerprint density at radius 3 is 2.69 bits per heavy atom. The van der Waals surface area contributed by atoms with Crippen LogP contribution in [-0.2, 0) is 0 Å². The average Bonchev–Trinajstić information content (AvgIpc) is 2.16. The summed E-state index contributed by atoms with van der Waals surface area (Å²) in [7, 11) is 0. The van der Waals surface area contributed by atoms with E-state index in [1.807, 2.05) is 32.2 Å². The minimum Gasteiger partial charge on any atom is -0.388 e. The Kier molecular flexibility index (Phi) is 3.75. The molecule has 1 rings (SSSR count). The molecule has 0 fully saturated rings. The lowest BCUT2D eigenvalue weighted by molar-refractivity contribution is 0.172. The highest BCUT2D eigenvalue weighted by Crippen LogP contribution is 2.21. The van der Waals surface area contributed by atoms with Crippen LogP contribution < -0.4 is 0 Å². The van der Waals surface area contributed by atoms with E-state index in [2.05, 4.69) is 4.98 Å². The maximum atomic E-state index is 9.63. The van der Waals surface area contributed by atoms with Crippen LogP contribution in [-0.4, -0.2) is 16.3 Å². The Balaban J connectivity index is 2.98. The molecule has 1 atom stereocenters. The molecule has 0 aliphatic heterocycles. The van der Waals surface area contributed by atoms with Crippen LogP contribution in [0, 0.1) is 6.92 Å². The third kappa shape index (κ3) is 2.45. The van der Waals surface area contributed by atoms with Crippen molar-refractivity contribution < 1.29 is 5.11 Å². The highest BCUT2D eigenvalue weighted by atomic mass is 32.2. The second-order valence-electron chi connectivity index (χ2n) is 2.95. The smallest absolute Gasteiger partial charge is 0.0960 e. The van der Waals surface area contributed by atoms with Crippen molar-refractivity contribution in [2.24, 2.45) is 0 Å². The molecule has 1 N–H and O–H groups in total. The van der Waals surface area contributed by atoms with Crippen molar-refractivity contribution in [1.29, 1.82) is 0 Å². The van der Waals surface area contributed by atoms with E-state index in [9.17, 15) is 5.11 Å². The maximum Gasteiger partial charge on any atom is 0.0960 e. The van der Waals surface area contributed by atoms with Gasteiger partial charge in [-0.2, -0.15) is 0 Å². The van der Waals surface area contributed by atoms with Gasteiger partial charge in [0.25, 0.3) is 0 Å². The molecular weight excluding hydrogens is 182 g/mol. The standard InChI is InChI=1S/C10H15NOS/c1-4-9(12)8-5-6-10(13-3)11-7(8)2/h5-6,9,12H,4H2,1-3H3. The van der Waals surface area contributed by atoms with Crippen LogP contribution in [0.5, 0.6) is 0 Å². The fourth-order valence-electron chi connectivity index (χ4n) is 1.23. The van der Waals surface area contributed by atoms with Crippen molar-refractivity contribution >= 4 is 11.8 Å². The third-order valence-electron chi connectivity index (χ3n) is 2.06. The second-order valence-corrected chi connectivity index (χ2v) is 3.78. The quantitative estimate of drug-likeness (QED) is 0.756. The van der Waals surface area contributed by atoms with Crippen molar-refractivity contribution in [3.63, 3.8) is 0 Å². The van der Waals surface area contributed by atoms with Crippen LogP contribution in [0.4, 0.5) is 0 Å². The van der Waals surface area contributed by atoms with Gasteiger partial charge >= 0.3 is 0 Å². The van der Waals surface area contributed by atoms with Crippen molar-refractivity contribution in [1.82, 2.24) is 4.98 Å². The predicted molar refractivity (Wildman–Crippen MR) is 56.0 cm³/mol. The lowest BCUT2D eigenvalue weighted by atomic mass is 10.1. The van der Waals surface area contributed by atoms with E-state index in [1.54, 1.807) is 11.8 Å². The summed E-state index contributed by atoms with van der Waals surface area (Å²) < 4.78 is 0. The summed E-state index contributed by atoms with van der Waals surface area (Å²) in [6.45, 7) is 3.90. The normalized spacial score (nSPS) is 12.9. The molecule has 0 spiro atoms. The minimum atomic E-state index is -0.372. The number of aryl methyl sites for hydroxylation is 1. The van der Waals surface area contributed by atoms with Crippen molar-refractivity contribution in [2.45, 2.75) is 31.4 Å². The van der Waals surface area contributed by atoms with Gasteiger partial charge in [0.15, 0.2) is 0 Å². The molecule has 3 heteroatoms. The Hall–Kier alpha value is -0.540. The molecule has 0 amide bonds. The molecule has 0 saturated carbocycles. The highest BCUT2D eigenvalue weighted by Gasteiger charge is 2.08. The van der Waals surface area contributed by atoms with E-state index in [0.717, 1.165) is 22.7 Å². The lowest BCUT2D eigenvalue weighted by Gasteiger charge is -2.11. The first-order valence-electron chi connectivity index (χ1n) is 4.38. The molecule has 13 heavy (non-hydrogen) atoms. The number of pyridine rings is 1. The van der Waals surface area contributed by atoms with E-state index in [4.69, 9.17) is 0 Å². The van der Waals surface area contributed by atoms with Gasteiger partial charge in [-0.3, -0.25) is 0 Å². The van der Waals surface area contributed by atoms with Crippen LogP contribution in [0.2, 0.25) is 0 Å². The van der Waals surface area contributed by atoms with Gasteiger partial charge in [-0.05, 0) is 25.7 Å². The SMILES string of the molecule is CCC(O)c1ccc(SC)nc1C. The topological polar surface area (TPSA) is 33.1 Å². The van der Waals surface area contributed by atoms with Crippen LogP contribution in [0.15, 0.2) is 17.2 Å². The molecule has 1 aromatic rings. The predicted octanol–water partition coefficient (Wildman–Crippen LogP) is 2.56. The van der Waals surface area contributed by atoms with Gasteiger partial charge in [0.1, 0.15) is 0 Å². The van der Waals surface area contributed by atoms with Gasteiger partial charge < -0.3 is 5.11 Å². The molecule has 0 aromatic carbocycles. The van der Waals surface area contributed by atoms with Crippen molar-refractivity contribution in [2.75, 3.05) is 6.26 Å². The molecule has 72 valence electrons. The number of aromatic nitrogens is 1. The molecule has 0 radical (unpaired) electrons. The highest BCUT2D eigenvalue weighted by molar-refractivity contribution is 7.98. The zero-order valence-electron chi connectivity index (χ0n) is 8.24. The first-order chi connectivity index (χ1) is 6.19. The van der Waals surface area contributed by atoms with E-state index < -0.39 is 0 Å². The summed E-state index contributed by atoms with van der Waals surface area (Å²) in [5, 5.41) is 10.6. The Bertz CT molecular complexity index is 288. The summed E-state index contributed by atoms with van der Waals surface area (Å²) in [5.74, 6) is 0.